The summed E-state index contributed by atoms with van der Waals surface area (Å²) in [5.41, 5.74) is 0. The second kappa shape index (κ2) is 16.0. The van der Waals surface area contributed by atoms with Gasteiger partial charge in [0.25, 0.3) is 0 Å². The number of nitrogens with zero attached hydrogens (tertiary/aromatic N) is 2. The number of ether oxygens (including phenoxy) is 1. The highest BCUT2D eigenvalue weighted by Crippen LogP contribution is 2.12. The summed E-state index contributed by atoms with van der Waals surface area (Å²) in [5, 5.41) is 6.43. The Labute approximate surface area is 175 Å². The van der Waals surface area contributed by atoms with E-state index in [4.69, 9.17) is 9.26 Å². The Morgan fingerprint density at radius 2 is 1.72 bits per heavy atom. The Kier molecular flexibility index (Phi) is 13.8. The van der Waals surface area contributed by atoms with Crippen LogP contribution >= 0.6 is 0 Å². The summed E-state index contributed by atoms with van der Waals surface area (Å²) in [5.74, 6) is 0.751. The lowest BCUT2D eigenvalue weighted by atomic mass is 10.1. The summed E-state index contributed by atoms with van der Waals surface area (Å²) in [7, 11) is 1.63. The molecule has 0 bridgehead atoms. The number of amides is 2. The second-order valence-electron chi connectivity index (χ2n) is 7.61. The predicted octanol–water partition coefficient (Wildman–Crippen LogP) is 4.71. The number of aromatic nitrogens is 1. The lowest BCUT2D eigenvalue weighted by Gasteiger charge is -2.22. The molecule has 0 atom stereocenters. The fourth-order valence-electron chi connectivity index (χ4n) is 3.22. The maximum absolute atomic E-state index is 12.6. The fraction of sp³-hybridized carbons (Fsp3) is 0.773. The number of carbonyl (C=O) groups is 2. The number of hydrogen-bond donors (Lipinski definition) is 1. The van der Waals surface area contributed by atoms with E-state index in [-0.39, 0.29) is 18.4 Å². The first-order chi connectivity index (χ1) is 14.1. The Morgan fingerprint density at radius 1 is 1.07 bits per heavy atom. The number of rotatable bonds is 17. The molecule has 7 heteroatoms. The highest BCUT2D eigenvalue weighted by molar-refractivity contribution is 5.93. The predicted molar refractivity (Wildman–Crippen MR) is 115 cm³/mol. The molecule has 0 saturated heterocycles. The quantitative estimate of drug-likeness (QED) is 0.377. The summed E-state index contributed by atoms with van der Waals surface area (Å²) in [4.78, 5) is 26.5. The number of unbranched alkanes of at least 4 members (excludes halogenated alkanes) is 8. The molecule has 0 aliphatic rings. The first-order valence-electron chi connectivity index (χ1n) is 11.1. The number of methoxy groups -OCH3 is 1. The molecule has 0 unspecified atom stereocenters. The van der Waals surface area contributed by atoms with Crippen LogP contribution in [0.3, 0.4) is 0 Å². The van der Waals surface area contributed by atoms with Gasteiger partial charge < -0.3 is 19.5 Å². The maximum Gasteiger partial charge on any atom is 0.245 e. The molecule has 0 aliphatic heterocycles. The minimum atomic E-state index is -0.267. The van der Waals surface area contributed by atoms with Crippen LogP contribution in [-0.2, 0) is 14.3 Å². The molecule has 2 amide bonds. The van der Waals surface area contributed by atoms with Crippen molar-refractivity contribution >= 4 is 17.6 Å². The van der Waals surface area contributed by atoms with Crippen molar-refractivity contribution in [1.29, 1.82) is 0 Å². The van der Waals surface area contributed by atoms with Crippen molar-refractivity contribution in [3.8, 4) is 0 Å². The zero-order valence-electron chi connectivity index (χ0n) is 18.5. The average molecular weight is 410 g/mol. The Balaban J connectivity index is 2.31. The molecule has 0 fully saturated rings. The standard InChI is InChI=1S/C22H39N3O4/c1-4-5-6-7-8-9-10-11-12-14-22(27)25(15-13-16-28-3)18-21(26)23-20-17-19(2)29-24-20/h17H,4-16,18H2,1-3H3,(H,23,24,26). The van der Waals surface area contributed by atoms with Crippen molar-refractivity contribution in [1.82, 2.24) is 10.1 Å². The van der Waals surface area contributed by atoms with Crippen molar-refractivity contribution in [2.24, 2.45) is 0 Å². The number of carbonyl (C=O) groups excluding carboxylic acids is 2. The molecule has 0 aromatic carbocycles. The smallest absolute Gasteiger partial charge is 0.245 e. The Hall–Kier alpha value is -1.89. The van der Waals surface area contributed by atoms with E-state index in [1.54, 1.807) is 25.0 Å². The van der Waals surface area contributed by atoms with Crippen molar-refractivity contribution < 1.29 is 18.8 Å². The lowest BCUT2D eigenvalue weighted by molar-refractivity contribution is -0.135. The molecular weight excluding hydrogens is 370 g/mol. The van der Waals surface area contributed by atoms with Crippen LogP contribution in [0, 0.1) is 6.92 Å². The van der Waals surface area contributed by atoms with Gasteiger partial charge in [-0.05, 0) is 19.8 Å². The zero-order chi connectivity index (χ0) is 21.3. The van der Waals surface area contributed by atoms with E-state index in [1.807, 2.05) is 0 Å². The van der Waals surface area contributed by atoms with Crippen LogP contribution in [-0.4, -0.2) is 48.7 Å². The van der Waals surface area contributed by atoms with Crippen LogP contribution in [0.2, 0.25) is 0 Å². The molecule has 1 N–H and O–H groups in total. The largest absolute Gasteiger partial charge is 0.385 e. The highest BCUT2D eigenvalue weighted by atomic mass is 16.5. The van der Waals surface area contributed by atoms with Crippen LogP contribution in [0.25, 0.3) is 0 Å². The first-order valence-corrected chi connectivity index (χ1v) is 11.1. The normalized spacial score (nSPS) is 10.9. The van der Waals surface area contributed by atoms with Gasteiger partial charge in [-0.25, -0.2) is 0 Å². The van der Waals surface area contributed by atoms with Gasteiger partial charge >= 0.3 is 0 Å². The minimum absolute atomic E-state index is 0.0197. The minimum Gasteiger partial charge on any atom is -0.385 e. The lowest BCUT2D eigenvalue weighted by Crippen LogP contribution is -2.39. The molecule has 0 spiro atoms. The van der Waals surface area contributed by atoms with E-state index >= 15 is 0 Å². The highest BCUT2D eigenvalue weighted by Gasteiger charge is 2.17. The summed E-state index contributed by atoms with van der Waals surface area (Å²) in [6.45, 7) is 5.08. The second-order valence-corrected chi connectivity index (χ2v) is 7.61. The summed E-state index contributed by atoms with van der Waals surface area (Å²) in [6.07, 6.45) is 12.1. The van der Waals surface area contributed by atoms with Gasteiger partial charge in [0.2, 0.25) is 11.8 Å². The molecule has 1 heterocycles. The number of aryl methyl sites for hydroxylation is 1. The Morgan fingerprint density at radius 3 is 2.31 bits per heavy atom. The summed E-state index contributed by atoms with van der Waals surface area (Å²) >= 11 is 0. The van der Waals surface area contributed by atoms with Gasteiger partial charge in [-0.1, -0.05) is 63.4 Å². The number of anilines is 1. The molecule has 1 rings (SSSR count). The molecule has 166 valence electrons. The van der Waals surface area contributed by atoms with E-state index in [0.29, 0.717) is 37.6 Å². The van der Waals surface area contributed by atoms with Gasteiger partial charge in [0.05, 0.1) is 6.54 Å². The van der Waals surface area contributed by atoms with Crippen LogP contribution < -0.4 is 5.32 Å². The first kappa shape index (κ1) is 25.1. The van der Waals surface area contributed by atoms with Gasteiger partial charge in [0.1, 0.15) is 5.76 Å². The third-order valence-electron chi connectivity index (χ3n) is 4.85. The topological polar surface area (TPSA) is 84.7 Å². The van der Waals surface area contributed by atoms with Crippen LogP contribution in [0.4, 0.5) is 5.82 Å². The van der Waals surface area contributed by atoms with Crippen molar-refractivity contribution in [2.45, 2.75) is 84.5 Å². The SMILES string of the molecule is CCCCCCCCCCCC(=O)N(CCCOC)CC(=O)Nc1cc(C)on1. The average Bonchev–Trinajstić information content (AvgIpc) is 3.10. The number of hydrogen-bond acceptors (Lipinski definition) is 5. The number of nitrogens with one attached hydrogen (secondary N) is 1. The van der Waals surface area contributed by atoms with E-state index in [1.165, 1.54) is 44.9 Å². The zero-order valence-corrected chi connectivity index (χ0v) is 18.5. The van der Waals surface area contributed by atoms with Crippen LogP contribution in [0.15, 0.2) is 10.6 Å². The fourth-order valence-corrected chi connectivity index (χ4v) is 3.22. The van der Waals surface area contributed by atoms with Crippen LogP contribution in [0.1, 0.15) is 83.3 Å². The third-order valence-corrected chi connectivity index (χ3v) is 4.85. The molecule has 7 nitrogen and oxygen atoms in total. The summed E-state index contributed by atoms with van der Waals surface area (Å²) in [6, 6.07) is 1.65. The van der Waals surface area contributed by atoms with E-state index in [2.05, 4.69) is 17.4 Å². The third kappa shape index (κ3) is 12.3. The molecule has 0 saturated carbocycles. The van der Waals surface area contributed by atoms with Crippen molar-refractivity contribution in [2.75, 3.05) is 32.1 Å². The molecule has 0 radical (unpaired) electrons. The molecular formula is C22H39N3O4. The van der Waals surface area contributed by atoms with Gasteiger partial charge in [-0.2, -0.15) is 0 Å². The molecule has 29 heavy (non-hydrogen) atoms. The van der Waals surface area contributed by atoms with E-state index in [9.17, 15) is 9.59 Å². The van der Waals surface area contributed by atoms with Gasteiger partial charge in [-0.15, -0.1) is 0 Å². The molecule has 0 aliphatic carbocycles. The van der Waals surface area contributed by atoms with Gasteiger partial charge in [-0.3, -0.25) is 9.59 Å². The van der Waals surface area contributed by atoms with Gasteiger partial charge in [0, 0.05) is 32.7 Å². The maximum atomic E-state index is 12.6. The molecule has 1 aromatic rings. The summed E-state index contributed by atoms with van der Waals surface area (Å²) < 4.78 is 10.0. The monoisotopic (exact) mass is 409 g/mol. The van der Waals surface area contributed by atoms with Gasteiger partial charge in [0.15, 0.2) is 5.82 Å². The van der Waals surface area contributed by atoms with E-state index < -0.39 is 0 Å². The van der Waals surface area contributed by atoms with Crippen LogP contribution in [0.5, 0.6) is 0 Å². The van der Waals surface area contributed by atoms with E-state index in [0.717, 1.165) is 12.8 Å². The Bertz CT molecular complexity index is 574. The van der Waals surface area contributed by atoms with Crippen molar-refractivity contribution in [3.05, 3.63) is 11.8 Å². The molecule has 1 aromatic heterocycles. The van der Waals surface area contributed by atoms with Crippen molar-refractivity contribution in [3.63, 3.8) is 0 Å².